The second-order valence-electron chi connectivity index (χ2n) is 7.26. The van der Waals surface area contributed by atoms with Crippen LogP contribution in [0.25, 0.3) is 0 Å². The van der Waals surface area contributed by atoms with Gasteiger partial charge in [-0.05, 0) is 43.0 Å². The van der Waals surface area contributed by atoms with Gasteiger partial charge >= 0.3 is 0 Å². The number of sulfonamides is 1. The molecular weight excluding hydrogens is 396 g/mol. The molecule has 0 saturated carbocycles. The first-order valence-electron chi connectivity index (χ1n) is 9.39. The van der Waals surface area contributed by atoms with Crippen LogP contribution in [0.15, 0.2) is 48.5 Å². The molecule has 0 aromatic heterocycles. The third kappa shape index (κ3) is 5.56. The predicted octanol–water partition coefficient (Wildman–Crippen LogP) is 3.51. The van der Waals surface area contributed by atoms with E-state index in [0.717, 1.165) is 5.56 Å². The minimum atomic E-state index is -3.42. The molecule has 28 heavy (non-hydrogen) atoms. The summed E-state index contributed by atoms with van der Waals surface area (Å²) in [5.41, 5.74) is 2.91. The van der Waals surface area contributed by atoms with Crippen LogP contribution in [-0.4, -0.2) is 31.7 Å². The van der Waals surface area contributed by atoms with Gasteiger partial charge in [-0.3, -0.25) is 4.79 Å². The zero-order chi connectivity index (χ0) is 20.1. The van der Waals surface area contributed by atoms with Crippen LogP contribution in [-0.2, 0) is 27.1 Å². The van der Waals surface area contributed by atoms with Gasteiger partial charge < -0.3 is 5.32 Å². The van der Waals surface area contributed by atoms with Crippen molar-refractivity contribution >= 4 is 27.5 Å². The Morgan fingerprint density at radius 1 is 1.11 bits per heavy atom. The van der Waals surface area contributed by atoms with Gasteiger partial charge in [-0.25, -0.2) is 12.7 Å². The fourth-order valence-corrected chi connectivity index (χ4v) is 5.13. The zero-order valence-electron chi connectivity index (χ0n) is 15.9. The molecule has 5 nitrogen and oxygen atoms in total. The van der Waals surface area contributed by atoms with Crippen molar-refractivity contribution in [3.63, 3.8) is 0 Å². The van der Waals surface area contributed by atoms with E-state index in [2.05, 4.69) is 5.32 Å². The number of hydrogen-bond acceptors (Lipinski definition) is 3. The zero-order valence-corrected chi connectivity index (χ0v) is 17.5. The summed E-state index contributed by atoms with van der Waals surface area (Å²) in [6.07, 6.45) is 1.07. The van der Waals surface area contributed by atoms with E-state index in [-0.39, 0.29) is 17.6 Å². The van der Waals surface area contributed by atoms with Crippen molar-refractivity contribution < 1.29 is 13.2 Å². The van der Waals surface area contributed by atoms with E-state index in [1.807, 2.05) is 31.2 Å². The van der Waals surface area contributed by atoms with Crippen LogP contribution in [0.5, 0.6) is 0 Å². The Hall–Kier alpha value is -1.89. The first kappa shape index (κ1) is 20.8. The van der Waals surface area contributed by atoms with Crippen molar-refractivity contribution in [3.8, 4) is 0 Å². The molecule has 1 amide bonds. The molecule has 1 saturated heterocycles. The van der Waals surface area contributed by atoms with Gasteiger partial charge in [-0.15, -0.1) is 0 Å². The van der Waals surface area contributed by atoms with E-state index in [9.17, 15) is 13.2 Å². The lowest BCUT2D eigenvalue weighted by Gasteiger charge is -2.30. The third-order valence-corrected chi connectivity index (χ3v) is 7.13. The van der Waals surface area contributed by atoms with E-state index in [1.54, 1.807) is 24.3 Å². The molecule has 0 aliphatic carbocycles. The lowest BCUT2D eigenvalue weighted by Crippen LogP contribution is -2.43. The minimum Gasteiger partial charge on any atom is -0.352 e. The quantitative estimate of drug-likeness (QED) is 0.777. The van der Waals surface area contributed by atoms with Gasteiger partial charge in [0.25, 0.3) is 0 Å². The average molecular weight is 421 g/mol. The topological polar surface area (TPSA) is 66.5 Å². The molecule has 150 valence electrons. The fraction of sp³-hybridized carbons (Fsp3) is 0.381. The summed E-state index contributed by atoms with van der Waals surface area (Å²) in [6, 6.07) is 14.9. The Morgan fingerprint density at radius 3 is 2.43 bits per heavy atom. The summed E-state index contributed by atoms with van der Waals surface area (Å²) >= 11 is 5.94. The molecule has 2 aromatic rings. The van der Waals surface area contributed by atoms with Crippen LogP contribution in [0, 0.1) is 12.8 Å². The van der Waals surface area contributed by atoms with Crippen LogP contribution >= 0.6 is 11.6 Å². The smallest absolute Gasteiger partial charge is 0.223 e. The minimum absolute atomic E-state index is 0.00698. The van der Waals surface area contributed by atoms with Crippen LogP contribution in [0.3, 0.4) is 0 Å². The maximum Gasteiger partial charge on any atom is 0.223 e. The number of piperidine rings is 1. The van der Waals surface area contributed by atoms with Crippen molar-refractivity contribution in [2.24, 2.45) is 5.92 Å². The Morgan fingerprint density at radius 2 is 1.79 bits per heavy atom. The molecule has 0 spiro atoms. The number of aryl methyl sites for hydroxylation is 1. The van der Waals surface area contributed by atoms with Gasteiger partial charge in [-0.1, -0.05) is 53.6 Å². The van der Waals surface area contributed by atoms with Crippen molar-refractivity contribution in [1.82, 2.24) is 9.62 Å². The molecule has 3 rings (SSSR count). The van der Waals surface area contributed by atoms with Crippen molar-refractivity contribution in [2.45, 2.75) is 32.1 Å². The highest BCUT2D eigenvalue weighted by Gasteiger charge is 2.31. The molecule has 0 atom stereocenters. The predicted molar refractivity (Wildman–Crippen MR) is 111 cm³/mol. The van der Waals surface area contributed by atoms with E-state index in [1.165, 1.54) is 9.87 Å². The molecule has 2 aromatic carbocycles. The number of amides is 1. The first-order valence-corrected chi connectivity index (χ1v) is 11.4. The third-order valence-electron chi connectivity index (χ3n) is 5.04. The summed E-state index contributed by atoms with van der Waals surface area (Å²) in [5, 5.41) is 3.49. The van der Waals surface area contributed by atoms with E-state index in [4.69, 9.17) is 11.6 Å². The molecule has 0 radical (unpaired) electrons. The highest BCUT2D eigenvalue weighted by atomic mass is 35.5. The largest absolute Gasteiger partial charge is 0.352 e. The summed E-state index contributed by atoms with van der Waals surface area (Å²) in [6.45, 7) is 3.25. The fourth-order valence-electron chi connectivity index (χ4n) is 3.36. The summed E-state index contributed by atoms with van der Waals surface area (Å²) in [5.74, 6) is -0.228. The maximum atomic E-state index is 12.7. The maximum absolute atomic E-state index is 12.7. The number of halogens is 1. The first-order chi connectivity index (χ1) is 13.3. The Labute approximate surface area is 171 Å². The van der Waals surface area contributed by atoms with Gasteiger partial charge in [0.2, 0.25) is 15.9 Å². The summed E-state index contributed by atoms with van der Waals surface area (Å²) in [4.78, 5) is 12.4. The molecule has 1 N–H and O–H groups in total. The number of benzene rings is 2. The molecule has 1 fully saturated rings. The van der Waals surface area contributed by atoms with Gasteiger partial charge in [0.1, 0.15) is 0 Å². The van der Waals surface area contributed by atoms with E-state index in [0.29, 0.717) is 43.1 Å². The lowest BCUT2D eigenvalue weighted by molar-refractivity contribution is -0.126. The number of rotatable bonds is 6. The molecular formula is C21H25ClN2O3S. The SMILES string of the molecule is Cc1ccc(CNC(=O)C2CCN(S(=O)(=O)Cc3cccc(Cl)c3)CC2)cc1. The van der Waals surface area contributed by atoms with E-state index >= 15 is 0 Å². The number of carbonyl (C=O) groups is 1. The van der Waals surface area contributed by atoms with Crippen molar-refractivity contribution in [3.05, 3.63) is 70.2 Å². The molecule has 1 aliphatic heterocycles. The Kier molecular flexibility index (Phi) is 6.75. The number of hydrogen-bond donors (Lipinski definition) is 1. The van der Waals surface area contributed by atoms with Gasteiger partial charge in [-0.2, -0.15) is 0 Å². The summed E-state index contributed by atoms with van der Waals surface area (Å²) in [7, 11) is -3.42. The number of nitrogens with zero attached hydrogens (tertiary/aromatic N) is 1. The van der Waals surface area contributed by atoms with Gasteiger partial charge in [0.15, 0.2) is 0 Å². The lowest BCUT2D eigenvalue weighted by atomic mass is 9.97. The van der Waals surface area contributed by atoms with Crippen LogP contribution < -0.4 is 5.32 Å². The second-order valence-corrected chi connectivity index (χ2v) is 9.67. The number of carbonyl (C=O) groups excluding carboxylic acids is 1. The second kappa shape index (κ2) is 9.07. The van der Waals surface area contributed by atoms with Crippen LogP contribution in [0.4, 0.5) is 0 Å². The van der Waals surface area contributed by atoms with Gasteiger partial charge in [0.05, 0.1) is 5.75 Å². The molecule has 1 aliphatic rings. The molecule has 7 heteroatoms. The average Bonchev–Trinajstić information content (AvgIpc) is 2.67. The molecule has 0 unspecified atom stereocenters. The monoisotopic (exact) mass is 420 g/mol. The highest BCUT2D eigenvalue weighted by molar-refractivity contribution is 7.88. The summed E-state index contributed by atoms with van der Waals surface area (Å²) < 4.78 is 26.8. The highest BCUT2D eigenvalue weighted by Crippen LogP contribution is 2.23. The van der Waals surface area contributed by atoms with Gasteiger partial charge in [0, 0.05) is 30.6 Å². The van der Waals surface area contributed by atoms with Crippen molar-refractivity contribution in [2.75, 3.05) is 13.1 Å². The molecule has 1 heterocycles. The standard InChI is InChI=1S/C21H25ClN2O3S/c1-16-5-7-17(8-6-16)14-23-21(25)19-9-11-24(12-10-19)28(26,27)15-18-3-2-4-20(22)13-18/h2-8,13,19H,9-12,14-15H2,1H3,(H,23,25). The van der Waals surface area contributed by atoms with Crippen molar-refractivity contribution in [1.29, 1.82) is 0 Å². The number of nitrogens with one attached hydrogen (secondary N) is 1. The van der Waals surface area contributed by atoms with Crippen LogP contribution in [0.2, 0.25) is 5.02 Å². The van der Waals surface area contributed by atoms with Crippen LogP contribution in [0.1, 0.15) is 29.5 Å². The van der Waals surface area contributed by atoms with E-state index < -0.39 is 10.0 Å². The molecule has 0 bridgehead atoms. The Bertz CT molecular complexity index is 921. The normalized spacial score (nSPS) is 16.1. The Balaban J connectivity index is 1.50.